The van der Waals surface area contributed by atoms with E-state index in [1.807, 2.05) is 17.0 Å². The van der Waals surface area contributed by atoms with Crippen LogP contribution < -0.4 is 4.74 Å². The van der Waals surface area contributed by atoms with Crippen molar-refractivity contribution < 1.29 is 9.53 Å². The Kier molecular flexibility index (Phi) is 8.25. The van der Waals surface area contributed by atoms with Gasteiger partial charge < -0.3 is 14.5 Å². The molecule has 170 valence electrons. The maximum atomic E-state index is 13.1. The average molecular weight is 456 g/mol. The van der Waals surface area contributed by atoms with E-state index in [-0.39, 0.29) is 18.3 Å². The Morgan fingerprint density at radius 2 is 1.91 bits per heavy atom. The number of halogens is 1. The molecule has 1 saturated heterocycles. The fourth-order valence-corrected chi connectivity index (χ4v) is 4.16. The fraction of sp³-hybridized carbons (Fsp3) is 0.375. The van der Waals surface area contributed by atoms with Crippen molar-refractivity contribution in [1.82, 2.24) is 24.6 Å². The largest absolute Gasteiger partial charge is 0.494 e. The van der Waals surface area contributed by atoms with Gasteiger partial charge in [0.15, 0.2) is 0 Å². The van der Waals surface area contributed by atoms with Crippen molar-refractivity contribution in [3.63, 3.8) is 0 Å². The Morgan fingerprint density at radius 3 is 2.56 bits per heavy atom. The number of ether oxygens (including phenoxy) is 1. The first-order chi connectivity index (χ1) is 15.2. The second-order valence-electron chi connectivity index (χ2n) is 7.97. The van der Waals surface area contributed by atoms with Gasteiger partial charge in [0.1, 0.15) is 24.1 Å². The molecule has 0 spiro atoms. The molecule has 4 rings (SSSR count). The molecule has 1 aliphatic heterocycles. The monoisotopic (exact) mass is 455 g/mol. The van der Waals surface area contributed by atoms with Crippen molar-refractivity contribution in [1.29, 1.82) is 0 Å². The van der Waals surface area contributed by atoms with E-state index in [1.54, 1.807) is 24.2 Å². The molecule has 0 N–H and O–H groups in total. The Morgan fingerprint density at radius 1 is 1.16 bits per heavy atom. The molecule has 0 unspecified atom stereocenters. The number of carbonyl (C=O) groups excluding carboxylic acids is 1. The Bertz CT molecular complexity index is 989. The van der Waals surface area contributed by atoms with Gasteiger partial charge in [0, 0.05) is 31.2 Å². The molecule has 1 aromatic heterocycles. The van der Waals surface area contributed by atoms with E-state index in [0.717, 1.165) is 44.6 Å². The number of aromatic nitrogens is 3. The van der Waals surface area contributed by atoms with Crippen LogP contribution in [0.5, 0.6) is 5.75 Å². The normalized spacial score (nSPS) is 14.3. The van der Waals surface area contributed by atoms with Crippen LogP contribution in [0.3, 0.4) is 0 Å². The summed E-state index contributed by atoms with van der Waals surface area (Å²) in [7, 11) is 3.79. The summed E-state index contributed by atoms with van der Waals surface area (Å²) in [5.41, 5.74) is 2.76. The minimum absolute atomic E-state index is 0. The standard InChI is InChI=1S/C24H29N5O2.ClH/c1-27(13-10-19-6-4-3-5-7-19)21-11-14-28(15-12-21)24(30)20-8-9-22(23(16-20)31-2)29-18-25-17-26-29;/h3-9,16-18,21H,10-15H2,1-2H3;1H. The Hall–Kier alpha value is -2.90. The van der Waals surface area contributed by atoms with Crippen LogP contribution in [-0.4, -0.2) is 70.3 Å². The molecule has 1 amide bonds. The van der Waals surface area contributed by atoms with E-state index >= 15 is 0 Å². The zero-order valence-electron chi connectivity index (χ0n) is 18.6. The maximum Gasteiger partial charge on any atom is 0.253 e. The second-order valence-corrected chi connectivity index (χ2v) is 7.97. The van der Waals surface area contributed by atoms with Crippen molar-refractivity contribution in [2.45, 2.75) is 25.3 Å². The molecule has 7 nitrogen and oxygen atoms in total. The summed E-state index contributed by atoms with van der Waals surface area (Å²) >= 11 is 0. The molecule has 32 heavy (non-hydrogen) atoms. The molecule has 2 aromatic carbocycles. The van der Waals surface area contributed by atoms with Gasteiger partial charge in [0.2, 0.25) is 0 Å². The van der Waals surface area contributed by atoms with Crippen LogP contribution >= 0.6 is 12.4 Å². The molecule has 0 saturated carbocycles. The van der Waals surface area contributed by atoms with E-state index < -0.39 is 0 Å². The van der Waals surface area contributed by atoms with E-state index in [4.69, 9.17) is 4.74 Å². The number of rotatable bonds is 7. The molecule has 0 bridgehead atoms. The summed E-state index contributed by atoms with van der Waals surface area (Å²) in [6.07, 6.45) is 6.11. The predicted octanol–water partition coefficient (Wildman–Crippen LogP) is 3.48. The van der Waals surface area contributed by atoms with Gasteiger partial charge in [0.25, 0.3) is 5.91 Å². The molecule has 0 aliphatic carbocycles. The minimum atomic E-state index is 0. The lowest BCUT2D eigenvalue weighted by atomic mass is 10.0. The van der Waals surface area contributed by atoms with Crippen LogP contribution in [0.2, 0.25) is 0 Å². The molecular formula is C24H30ClN5O2. The molecule has 0 radical (unpaired) electrons. The lowest BCUT2D eigenvalue weighted by Gasteiger charge is -2.37. The van der Waals surface area contributed by atoms with Gasteiger partial charge in [-0.3, -0.25) is 4.79 Å². The van der Waals surface area contributed by atoms with Crippen LogP contribution in [-0.2, 0) is 6.42 Å². The van der Waals surface area contributed by atoms with Crippen LogP contribution in [0.25, 0.3) is 5.69 Å². The SMILES string of the molecule is COc1cc(C(=O)N2CCC(N(C)CCc3ccccc3)CC2)ccc1-n1cncn1.Cl. The lowest BCUT2D eigenvalue weighted by molar-refractivity contribution is 0.0646. The number of likely N-dealkylation sites (N-methyl/N-ethyl adjacent to an activating group) is 1. The molecule has 0 atom stereocenters. The van der Waals surface area contributed by atoms with Crippen LogP contribution in [0, 0.1) is 0 Å². The number of hydrogen-bond donors (Lipinski definition) is 0. The number of likely N-dealkylation sites (tertiary alicyclic amines) is 1. The Labute approximate surface area is 195 Å². The van der Waals surface area contributed by atoms with Gasteiger partial charge in [-0.25, -0.2) is 9.67 Å². The highest BCUT2D eigenvalue weighted by Gasteiger charge is 2.26. The van der Waals surface area contributed by atoms with Crippen molar-refractivity contribution in [2.24, 2.45) is 0 Å². The molecule has 2 heterocycles. The van der Waals surface area contributed by atoms with Crippen LogP contribution in [0.4, 0.5) is 0 Å². The third-order valence-corrected chi connectivity index (χ3v) is 6.06. The number of hydrogen-bond acceptors (Lipinski definition) is 5. The average Bonchev–Trinajstić information content (AvgIpc) is 3.37. The molecule has 1 aliphatic rings. The van der Waals surface area contributed by atoms with E-state index in [0.29, 0.717) is 17.4 Å². The smallest absolute Gasteiger partial charge is 0.253 e. The van der Waals surface area contributed by atoms with Crippen molar-refractivity contribution >= 4 is 18.3 Å². The second kappa shape index (κ2) is 11.1. The highest BCUT2D eigenvalue weighted by atomic mass is 35.5. The summed E-state index contributed by atoms with van der Waals surface area (Å²) in [4.78, 5) is 21.4. The predicted molar refractivity (Wildman–Crippen MR) is 127 cm³/mol. The fourth-order valence-electron chi connectivity index (χ4n) is 4.16. The lowest BCUT2D eigenvalue weighted by Crippen LogP contribution is -2.46. The number of amides is 1. The number of methoxy groups -OCH3 is 1. The molecule has 1 fully saturated rings. The zero-order chi connectivity index (χ0) is 21.6. The highest BCUT2D eigenvalue weighted by Crippen LogP contribution is 2.25. The minimum Gasteiger partial charge on any atom is -0.494 e. The quantitative estimate of drug-likeness (QED) is 0.545. The zero-order valence-corrected chi connectivity index (χ0v) is 19.4. The number of carbonyl (C=O) groups is 1. The van der Waals surface area contributed by atoms with Gasteiger partial charge in [0.05, 0.1) is 7.11 Å². The maximum absolute atomic E-state index is 13.1. The first kappa shape index (κ1) is 23.8. The Balaban J connectivity index is 0.00000289. The molecular weight excluding hydrogens is 426 g/mol. The summed E-state index contributed by atoms with van der Waals surface area (Å²) in [6.45, 7) is 2.57. The summed E-state index contributed by atoms with van der Waals surface area (Å²) in [5, 5.41) is 4.14. The van der Waals surface area contributed by atoms with Gasteiger partial charge in [-0.05, 0) is 50.1 Å². The third-order valence-electron chi connectivity index (χ3n) is 6.06. The topological polar surface area (TPSA) is 63.5 Å². The first-order valence-electron chi connectivity index (χ1n) is 10.7. The first-order valence-corrected chi connectivity index (χ1v) is 10.7. The van der Waals surface area contributed by atoms with Crippen molar-refractivity contribution in [3.8, 4) is 11.4 Å². The van der Waals surface area contributed by atoms with E-state index in [2.05, 4.69) is 52.4 Å². The van der Waals surface area contributed by atoms with Crippen LogP contribution in [0.15, 0.2) is 61.2 Å². The van der Waals surface area contributed by atoms with Gasteiger partial charge in [-0.15, -0.1) is 12.4 Å². The highest BCUT2D eigenvalue weighted by molar-refractivity contribution is 5.95. The van der Waals surface area contributed by atoms with Gasteiger partial charge in [-0.2, -0.15) is 5.10 Å². The van der Waals surface area contributed by atoms with Crippen molar-refractivity contribution in [3.05, 3.63) is 72.3 Å². The third kappa shape index (κ3) is 5.47. The molecule has 3 aromatic rings. The number of nitrogens with zero attached hydrogens (tertiary/aromatic N) is 5. The number of benzene rings is 2. The van der Waals surface area contributed by atoms with Crippen molar-refractivity contribution in [2.75, 3.05) is 33.8 Å². The van der Waals surface area contributed by atoms with E-state index in [9.17, 15) is 4.79 Å². The number of piperidine rings is 1. The van der Waals surface area contributed by atoms with Gasteiger partial charge in [-0.1, -0.05) is 30.3 Å². The van der Waals surface area contributed by atoms with E-state index in [1.165, 1.54) is 11.9 Å². The summed E-state index contributed by atoms with van der Waals surface area (Å²) in [6, 6.07) is 16.6. The molecule has 8 heteroatoms. The summed E-state index contributed by atoms with van der Waals surface area (Å²) in [5.74, 6) is 0.653. The summed E-state index contributed by atoms with van der Waals surface area (Å²) < 4.78 is 7.12. The van der Waals surface area contributed by atoms with Crippen LogP contribution in [0.1, 0.15) is 28.8 Å². The van der Waals surface area contributed by atoms with Gasteiger partial charge >= 0.3 is 0 Å².